The lowest BCUT2D eigenvalue weighted by atomic mass is 9.96. The molecule has 0 aliphatic heterocycles. The predicted molar refractivity (Wildman–Crippen MR) is 108 cm³/mol. The Bertz CT molecular complexity index is 1340. The standard InChI is InChI=1S/C23H19F5N4/c1-10(22-30-17-3-2-11(23(26,27)28)4-18(17)31-22)21-13-5-12(6-14(13)21)32-9-29-19-7-15(24)16(25)8-20(19)32/h2-4,7-10,12-14,21H,5-6H2,1H3,(H,30,31)/t10?,12?,13-,14+,21?. The lowest BCUT2D eigenvalue weighted by Gasteiger charge is -2.19. The summed E-state index contributed by atoms with van der Waals surface area (Å²) in [6.45, 7) is 2.06. The van der Waals surface area contributed by atoms with Crippen LogP contribution in [0.5, 0.6) is 0 Å². The minimum absolute atomic E-state index is 0.0961. The van der Waals surface area contributed by atoms with Crippen LogP contribution in [-0.2, 0) is 6.18 Å². The lowest BCUT2D eigenvalue weighted by Crippen LogP contribution is -2.11. The molecule has 0 bridgehead atoms. The highest BCUT2D eigenvalue weighted by molar-refractivity contribution is 5.76. The van der Waals surface area contributed by atoms with Gasteiger partial charge in [0.2, 0.25) is 0 Å². The molecule has 2 aromatic heterocycles. The summed E-state index contributed by atoms with van der Waals surface area (Å²) in [7, 11) is 0. The summed E-state index contributed by atoms with van der Waals surface area (Å²) in [6.07, 6.45) is -0.931. The second-order valence-corrected chi connectivity index (χ2v) is 9.08. The maximum Gasteiger partial charge on any atom is 0.416 e. The zero-order valence-corrected chi connectivity index (χ0v) is 17.0. The topological polar surface area (TPSA) is 46.5 Å². The van der Waals surface area contributed by atoms with E-state index >= 15 is 0 Å². The number of aromatic nitrogens is 4. The monoisotopic (exact) mass is 446 g/mol. The molecule has 6 rings (SSSR count). The number of benzene rings is 2. The molecule has 2 fully saturated rings. The Hall–Kier alpha value is -2.97. The Balaban J connectivity index is 1.20. The SMILES string of the molecule is CC(c1nc2ccc(C(F)(F)F)cc2[nH]1)C1[C@H]2CC(n3cnc4cc(F)c(F)cc43)C[C@@H]12. The van der Waals surface area contributed by atoms with E-state index in [9.17, 15) is 22.0 Å². The third-order valence-electron chi connectivity index (χ3n) is 7.33. The zero-order valence-electron chi connectivity index (χ0n) is 17.0. The number of aromatic amines is 1. The third-order valence-corrected chi connectivity index (χ3v) is 7.33. The first-order valence-corrected chi connectivity index (χ1v) is 10.6. The van der Waals surface area contributed by atoms with Crippen LogP contribution in [0.25, 0.3) is 22.1 Å². The maximum absolute atomic E-state index is 13.7. The van der Waals surface area contributed by atoms with Crippen LogP contribution in [0.2, 0.25) is 0 Å². The fourth-order valence-electron chi connectivity index (χ4n) is 5.75. The Kier molecular flexibility index (Phi) is 4.02. The summed E-state index contributed by atoms with van der Waals surface area (Å²) in [5, 5.41) is 0. The van der Waals surface area contributed by atoms with Crippen LogP contribution in [0.3, 0.4) is 0 Å². The first kappa shape index (κ1) is 19.7. The van der Waals surface area contributed by atoms with E-state index in [0.29, 0.717) is 45.6 Å². The van der Waals surface area contributed by atoms with Gasteiger partial charge in [-0.2, -0.15) is 13.2 Å². The molecular formula is C23H19F5N4. The second kappa shape index (κ2) is 6.52. The van der Waals surface area contributed by atoms with Crippen LogP contribution < -0.4 is 0 Å². The second-order valence-electron chi connectivity index (χ2n) is 9.08. The number of alkyl halides is 3. The molecule has 2 aliphatic rings. The molecule has 166 valence electrons. The Morgan fingerprint density at radius 3 is 2.47 bits per heavy atom. The van der Waals surface area contributed by atoms with E-state index in [1.165, 1.54) is 12.1 Å². The van der Waals surface area contributed by atoms with Crippen molar-refractivity contribution >= 4 is 22.1 Å². The molecule has 4 aromatic rings. The fraction of sp³-hybridized carbons (Fsp3) is 0.391. The van der Waals surface area contributed by atoms with Crippen molar-refractivity contribution in [3.05, 3.63) is 59.7 Å². The van der Waals surface area contributed by atoms with Crippen molar-refractivity contribution in [3.8, 4) is 0 Å². The molecule has 0 amide bonds. The number of nitrogens with zero attached hydrogens (tertiary/aromatic N) is 3. The van der Waals surface area contributed by atoms with E-state index < -0.39 is 23.4 Å². The number of H-pyrrole nitrogens is 1. The van der Waals surface area contributed by atoms with Gasteiger partial charge in [-0.05, 0) is 48.8 Å². The fourth-order valence-corrected chi connectivity index (χ4v) is 5.75. The average molecular weight is 446 g/mol. The molecule has 2 heterocycles. The number of hydrogen-bond acceptors (Lipinski definition) is 2. The first-order chi connectivity index (χ1) is 15.2. The predicted octanol–water partition coefficient (Wildman–Crippen LogP) is 6.21. The highest BCUT2D eigenvalue weighted by Gasteiger charge is 2.58. The smallest absolute Gasteiger partial charge is 0.342 e. The van der Waals surface area contributed by atoms with Gasteiger partial charge in [0.05, 0.1) is 34.0 Å². The molecule has 2 saturated carbocycles. The summed E-state index contributed by atoms with van der Waals surface area (Å²) in [5.41, 5.74) is 1.27. The number of rotatable bonds is 3. The van der Waals surface area contributed by atoms with Gasteiger partial charge < -0.3 is 9.55 Å². The quantitative estimate of drug-likeness (QED) is 0.380. The summed E-state index contributed by atoms with van der Waals surface area (Å²) >= 11 is 0. The molecule has 2 aliphatic carbocycles. The van der Waals surface area contributed by atoms with Gasteiger partial charge in [0, 0.05) is 24.1 Å². The molecule has 5 atom stereocenters. The van der Waals surface area contributed by atoms with Gasteiger partial charge in [0.25, 0.3) is 0 Å². The molecule has 32 heavy (non-hydrogen) atoms. The van der Waals surface area contributed by atoms with Crippen LogP contribution in [0.4, 0.5) is 22.0 Å². The van der Waals surface area contributed by atoms with Crippen molar-refractivity contribution in [2.45, 2.75) is 37.9 Å². The molecule has 1 N–H and O–H groups in total. The molecular weight excluding hydrogens is 427 g/mol. The first-order valence-electron chi connectivity index (χ1n) is 10.6. The van der Waals surface area contributed by atoms with Crippen LogP contribution in [0.1, 0.15) is 43.1 Å². The van der Waals surface area contributed by atoms with Gasteiger partial charge in [0.1, 0.15) is 5.82 Å². The molecule has 9 heteroatoms. The van der Waals surface area contributed by atoms with E-state index in [4.69, 9.17) is 0 Å². The van der Waals surface area contributed by atoms with Crippen molar-refractivity contribution in [2.75, 3.05) is 0 Å². The van der Waals surface area contributed by atoms with Crippen LogP contribution in [0.15, 0.2) is 36.7 Å². The van der Waals surface area contributed by atoms with Gasteiger partial charge in [-0.25, -0.2) is 18.7 Å². The highest BCUT2D eigenvalue weighted by atomic mass is 19.4. The van der Waals surface area contributed by atoms with E-state index in [-0.39, 0.29) is 12.0 Å². The van der Waals surface area contributed by atoms with Crippen molar-refractivity contribution in [2.24, 2.45) is 17.8 Å². The molecule has 0 saturated heterocycles. The molecule has 0 radical (unpaired) electrons. The summed E-state index contributed by atoms with van der Waals surface area (Å²) in [6, 6.07) is 6.06. The molecule has 4 nitrogen and oxygen atoms in total. The van der Waals surface area contributed by atoms with Gasteiger partial charge in [-0.1, -0.05) is 6.92 Å². The van der Waals surface area contributed by atoms with Crippen LogP contribution >= 0.6 is 0 Å². The average Bonchev–Trinajstić information content (AvgIpc) is 3.14. The third kappa shape index (κ3) is 2.93. The van der Waals surface area contributed by atoms with Gasteiger partial charge >= 0.3 is 6.18 Å². The van der Waals surface area contributed by atoms with Gasteiger partial charge in [-0.3, -0.25) is 0 Å². The Labute approximate surface area is 179 Å². The summed E-state index contributed by atoms with van der Waals surface area (Å²) in [4.78, 5) is 11.8. The molecule has 0 spiro atoms. The van der Waals surface area contributed by atoms with Crippen molar-refractivity contribution in [3.63, 3.8) is 0 Å². The Morgan fingerprint density at radius 1 is 1.03 bits per heavy atom. The van der Waals surface area contributed by atoms with Gasteiger partial charge in [-0.15, -0.1) is 0 Å². The Morgan fingerprint density at radius 2 is 1.75 bits per heavy atom. The van der Waals surface area contributed by atoms with E-state index in [1.54, 1.807) is 6.33 Å². The molecule has 2 aromatic carbocycles. The lowest BCUT2D eigenvalue weighted by molar-refractivity contribution is -0.137. The largest absolute Gasteiger partial charge is 0.416 e. The number of hydrogen-bond donors (Lipinski definition) is 1. The number of nitrogens with one attached hydrogen (secondary N) is 1. The van der Waals surface area contributed by atoms with Crippen LogP contribution in [-0.4, -0.2) is 19.5 Å². The normalized spacial score (nSPS) is 26.1. The summed E-state index contributed by atoms with van der Waals surface area (Å²) < 4.78 is 68.1. The minimum Gasteiger partial charge on any atom is -0.342 e. The van der Waals surface area contributed by atoms with Crippen molar-refractivity contribution < 1.29 is 22.0 Å². The number of fused-ring (bicyclic) bond motifs is 3. The van der Waals surface area contributed by atoms with E-state index in [2.05, 4.69) is 21.9 Å². The highest BCUT2D eigenvalue weighted by Crippen LogP contribution is 2.65. The van der Waals surface area contributed by atoms with Crippen LogP contribution in [0, 0.1) is 29.4 Å². The van der Waals surface area contributed by atoms with Crippen molar-refractivity contribution in [1.29, 1.82) is 0 Å². The van der Waals surface area contributed by atoms with Crippen molar-refractivity contribution in [1.82, 2.24) is 19.5 Å². The number of imidazole rings is 2. The maximum atomic E-state index is 13.7. The van der Waals surface area contributed by atoms with Gasteiger partial charge in [0.15, 0.2) is 11.6 Å². The molecule has 3 unspecified atom stereocenters. The zero-order chi connectivity index (χ0) is 22.4. The van der Waals surface area contributed by atoms with E-state index in [1.807, 2.05) is 4.57 Å². The number of halogens is 5. The minimum atomic E-state index is -4.39. The van der Waals surface area contributed by atoms with E-state index in [0.717, 1.165) is 31.0 Å². The summed E-state index contributed by atoms with van der Waals surface area (Å²) in [5.74, 6) is 0.359.